The molecule has 0 aromatic heterocycles. The van der Waals surface area contributed by atoms with Crippen LogP contribution in [0.15, 0.2) is 0 Å². The molecule has 1 aliphatic rings. The van der Waals surface area contributed by atoms with E-state index in [1.165, 1.54) is 0 Å². The van der Waals surface area contributed by atoms with Crippen molar-refractivity contribution in [3.63, 3.8) is 0 Å². The van der Waals surface area contributed by atoms with Crippen LogP contribution in [0.4, 0.5) is 0 Å². The zero-order chi connectivity index (χ0) is 9.46. The van der Waals surface area contributed by atoms with Crippen LogP contribution in [-0.4, -0.2) is 105 Å². The van der Waals surface area contributed by atoms with Gasteiger partial charge in [0.15, 0.2) is 12.2 Å². The Morgan fingerprint density at radius 3 is 1.14 bits per heavy atom. The molecular formula is C6H4Na2O6. The number of hydrogen-bond acceptors (Lipinski definition) is 6. The summed E-state index contributed by atoms with van der Waals surface area (Å²) in [5.41, 5.74) is 0. The number of hydrogen-bond donors (Lipinski definition) is 2. The number of carbonyl (C=O) groups excluding carboxylic acids is 4. The quantitative estimate of drug-likeness (QED) is 0.319. The predicted molar refractivity (Wildman–Crippen MR) is 43.5 cm³/mol. The molecule has 6 nitrogen and oxygen atoms in total. The number of rotatable bonds is 0. The van der Waals surface area contributed by atoms with Crippen LogP contribution in [0, 0.1) is 0 Å². The number of carbonyl (C=O) groups is 4. The molecule has 2 radical (unpaired) electrons. The molecule has 0 bridgehead atoms. The molecule has 0 amide bonds. The van der Waals surface area contributed by atoms with E-state index in [1.807, 2.05) is 0 Å². The minimum absolute atomic E-state index is 0. The monoisotopic (exact) mass is 218 g/mol. The molecule has 2 unspecified atom stereocenters. The van der Waals surface area contributed by atoms with Crippen molar-refractivity contribution in [2.24, 2.45) is 0 Å². The zero-order valence-corrected chi connectivity index (χ0v) is 11.7. The molecule has 1 aliphatic carbocycles. The van der Waals surface area contributed by atoms with E-state index in [4.69, 9.17) is 10.2 Å². The third kappa shape index (κ3) is 2.80. The maximum Gasteiger partial charge on any atom is 0.275 e. The molecular weight excluding hydrogens is 214 g/mol. The molecule has 1 saturated carbocycles. The normalized spacial score (nSPS) is 26.7. The summed E-state index contributed by atoms with van der Waals surface area (Å²) >= 11 is 0. The largest absolute Gasteiger partial charge is 0.382 e. The molecule has 0 aromatic carbocycles. The Balaban J connectivity index is 0. The summed E-state index contributed by atoms with van der Waals surface area (Å²) < 4.78 is 0. The van der Waals surface area contributed by atoms with E-state index >= 15 is 0 Å². The molecule has 0 aromatic rings. The van der Waals surface area contributed by atoms with E-state index in [0.29, 0.717) is 0 Å². The molecule has 0 saturated heterocycles. The second-order valence-electron chi connectivity index (χ2n) is 2.28. The SMILES string of the molecule is O=C1C(=O)C(=O)C(O)C(O)C1=O.[Na].[Na]. The van der Waals surface area contributed by atoms with Gasteiger partial charge in [-0.3, -0.25) is 19.2 Å². The molecule has 1 fully saturated rings. The minimum Gasteiger partial charge on any atom is -0.382 e. The topological polar surface area (TPSA) is 109 Å². The fourth-order valence-corrected chi connectivity index (χ4v) is 0.779. The van der Waals surface area contributed by atoms with Crippen LogP contribution in [0.25, 0.3) is 0 Å². The van der Waals surface area contributed by atoms with Gasteiger partial charge in [-0.1, -0.05) is 0 Å². The van der Waals surface area contributed by atoms with Gasteiger partial charge in [0.05, 0.1) is 0 Å². The summed E-state index contributed by atoms with van der Waals surface area (Å²) in [5, 5.41) is 17.4. The van der Waals surface area contributed by atoms with Gasteiger partial charge in [-0.05, 0) is 0 Å². The Bertz CT molecular complexity index is 269. The Morgan fingerprint density at radius 2 is 0.929 bits per heavy atom. The van der Waals surface area contributed by atoms with Crippen molar-refractivity contribution in [3.05, 3.63) is 0 Å². The van der Waals surface area contributed by atoms with E-state index in [9.17, 15) is 19.2 Å². The van der Waals surface area contributed by atoms with Gasteiger partial charge in [0.25, 0.3) is 11.6 Å². The van der Waals surface area contributed by atoms with Crippen LogP contribution in [0.3, 0.4) is 0 Å². The van der Waals surface area contributed by atoms with E-state index in [0.717, 1.165) is 0 Å². The summed E-state index contributed by atoms with van der Waals surface area (Å²) in [4.78, 5) is 42.1. The van der Waals surface area contributed by atoms with E-state index in [1.54, 1.807) is 0 Å². The average molecular weight is 218 g/mol. The van der Waals surface area contributed by atoms with Crippen molar-refractivity contribution in [2.75, 3.05) is 0 Å². The Morgan fingerprint density at radius 1 is 0.714 bits per heavy atom. The number of Topliss-reactive ketones (excluding diaryl/α,β-unsaturated/α-hetero) is 4. The summed E-state index contributed by atoms with van der Waals surface area (Å²) in [7, 11) is 0. The van der Waals surface area contributed by atoms with Crippen LogP contribution in [-0.2, 0) is 19.2 Å². The third-order valence-electron chi connectivity index (χ3n) is 1.49. The standard InChI is InChI=1S/C6H4O6.2Na/c7-1-2(8)4(10)6(12)5(11)3(1)9;;/h1-2,7-8H;;. The summed E-state index contributed by atoms with van der Waals surface area (Å²) in [6.45, 7) is 0. The number of ketones is 4. The van der Waals surface area contributed by atoms with E-state index < -0.39 is 35.3 Å². The Labute approximate surface area is 123 Å². The molecule has 0 spiro atoms. The molecule has 1 rings (SSSR count). The van der Waals surface area contributed by atoms with Crippen molar-refractivity contribution >= 4 is 82.2 Å². The van der Waals surface area contributed by atoms with E-state index in [2.05, 4.69) is 0 Å². The molecule has 2 N–H and O–H groups in total. The van der Waals surface area contributed by atoms with Crippen molar-refractivity contribution in [2.45, 2.75) is 12.2 Å². The predicted octanol–water partition coefficient (Wildman–Crippen LogP) is -3.76. The van der Waals surface area contributed by atoms with Crippen LogP contribution in [0.1, 0.15) is 0 Å². The van der Waals surface area contributed by atoms with Gasteiger partial charge >= 0.3 is 0 Å². The molecule has 2 atom stereocenters. The fraction of sp³-hybridized carbons (Fsp3) is 0.333. The molecule has 8 heteroatoms. The number of aliphatic hydroxyl groups excluding tert-OH is 2. The van der Waals surface area contributed by atoms with Crippen LogP contribution >= 0.6 is 0 Å². The Kier molecular flexibility index (Phi) is 7.58. The average Bonchev–Trinajstić information content (AvgIpc) is 2.08. The van der Waals surface area contributed by atoms with Gasteiger partial charge in [-0.15, -0.1) is 0 Å². The first-order chi connectivity index (χ1) is 5.46. The summed E-state index contributed by atoms with van der Waals surface area (Å²) in [5.74, 6) is -6.02. The first kappa shape index (κ1) is 17.0. The zero-order valence-electron chi connectivity index (χ0n) is 7.68. The molecule has 66 valence electrons. The van der Waals surface area contributed by atoms with Crippen LogP contribution < -0.4 is 0 Å². The first-order valence-corrected chi connectivity index (χ1v) is 2.99. The van der Waals surface area contributed by atoms with Gasteiger partial charge in [0.1, 0.15) is 0 Å². The van der Waals surface area contributed by atoms with Crippen molar-refractivity contribution < 1.29 is 29.4 Å². The molecule has 0 heterocycles. The fourth-order valence-electron chi connectivity index (χ4n) is 0.779. The summed E-state index contributed by atoms with van der Waals surface area (Å²) in [6.07, 6.45) is -4.19. The second kappa shape index (κ2) is 6.24. The van der Waals surface area contributed by atoms with Crippen LogP contribution in [0.2, 0.25) is 0 Å². The minimum atomic E-state index is -2.09. The second-order valence-corrected chi connectivity index (χ2v) is 2.28. The Hall–Kier alpha value is 0.600. The van der Waals surface area contributed by atoms with Gasteiger partial charge in [0.2, 0.25) is 11.6 Å². The third-order valence-corrected chi connectivity index (χ3v) is 1.49. The number of aliphatic hydroxyl groups is 2. The molecule has 0 aliphatic heterocycles. The van der Waals surface area contributed by atoms with Crippen LogP contribution in [0.5, 0.6) is 0 Å². The summed E-state index contributed by atoms with van der Waals surface area (Å²) in [6, 6.07) is 0. The first-order valence-electron chi connectivity index (χ1n) is 2.99. The smallest absolute Gasteiger partial charge is 0.275 e. The van der Waals surface area contributed by atoms with Crippen molar-refractivity contribution in [1.29, 1.82) is 0 Å². The van der Waals surface area contributed by atoms with Crippen molar-refractivity contribution in [3.8, 4) is 0 Å². The van der Waals surface area contributed by atoms with Gasteiger partial charge < -0.3 is 10.2 Å². The van der Waals surface area contributed by atoms with Crippen molar-refractivity contribution in [1.82, 2.24) is 0 Å². The van der Waals surface area contributed by atoms with Gasteiger partial charge in [0, 0.05) is 59.1 Å². The maximum atomic E-state index is 10.6. The van der Waals surface area contributed by atoms with E-state index in [-0.39, 0.29) is 59.1 Å². The molecule has 14 heavy (non-hydrogen) atoms. The van der Waals surface area contributed by atoms with Gasteiger partial charge in [-0.2, -0.15) is 0 Å². The van der Waals surface area contributed by atoms with Gasteiger partial charge in [-0.25, -0.2) is 0 Å². The maximum absolute atomic E-state index is 10.6.